The first-order valence-corrected chi connectivity index (χ1v) is 13.7. The van der Waals surface area contributed by atoms with E-state index in [0.717, 1.165) is 10.6 Å². The number of anilines is 2. The number of carbonyl (C=O) groups is 3. The Balaban J connectivity index is 1.45. The highest BCUT2D eigenvalue weighted by molar-refractivity contribution is 8.00. The first kappa shape index (κ1) is 28.2. The molecule has 4 aromatic rings. The number of amides is 3. The van der Waals surface area contributed by atoms with Crippen molar-refractivity contribution in [2.45, 2.75) is 11.8 Å². The number of thioether (sulfide) groups is 1. The fourth-order valence-corrected chi connectivity index (χ4v) is 4.38. The molecule has 0 bridgehead atoms. The first-order valence-electron chi connectivity index (χ1n) is 12.7. The maximum Gasteiger partial charge on any atom is 0.272 e. The summed E-state index contributed by atoms with van der Waals surface area (Å²) in [5, 5.41) is 8.44. The standard InChI is InChI=1S/C32H29N3O4S/c1-2-39-29-16-10-9-13-24(29)21-28(35-31(37)23-11-5-3-6-12-23)32(38)34-26-17-19-27(20-18-26)40-22-30(36)33-25-14-7-4-8-15-25/h3-21H,2,22H2,1H3,(H,33,36)(H,34,38)(H,35,37)/b28-21-. The summed E-state index contributed by atoms with van der Waals surface area (Å²) in [6, 6.07) is 32.4. The summed E-state index contributed by atoms with van der Waals surface area (Å²) in [4.78, 5) is 39.3. The first-order chi connectivity index (χ1) is 19.5. The molecule has 0 atom stereocenters. The Morgan fingerprint density at radius 1 is 0.750 bits per heavy atom. The molecule has 0 heterocycles. The van der Waals surface area contributed by atoms with E-state index < -0.39 is 11.8 Å². The molecule has 202 valence electrons. The normalized spacial score (nSPS) is 10.9. The van der Waals surface area contributed by atoms with E-state index in [9.17, 15) is 14.4 Å². The number of ether oxygens (including phenoxy) is 1. The number of benzene rings is 4. The predicted octanol–water partition coefficient (Wildman–Crippen LogP) is 6.23. The number of hydrogen-bond acceptors (Lipinski definition) is 5. The molecule has 0 aromatic heterocycles. The van der Waals surface area contributed by atoms with Crippen molar-refractivity contribution in [2.24, 2.45) is 0 Å². The molecule has 40 heavy (non-hydrogen) atoms. The van der Waals surface area contributed by atoms with Crippen LogP contribution in [0.3, 0.4) is 0 Å². The van der Waals surface area contributed by atoms with Crippen LogP contribution in [0.15, 0.2) is 120 Å². The Labute approximate surface area is 237 Å². The van der Waals surface area contributed by atoms with Gasteiger partial charge in [-0.2, -0.15) is 0 Å². The van der Waals surface area contributed by atoms with Crippen LogP contribution in [-0.2, 0) is 9.59 Å². The van der Waals surface area contributed by atoms with E-state index in [2.05, 4.69) is 16.0 Å². The summed E-state index contributed by atoms with van der Waals surface area (Å²) in [7, 11) is 0. The molecule has 0 saturated heterocycles. The minimum Gasteiger partial charge on any atom is -0.493 e. The van der Waals surface area contributed by atoms with Gasteiger partial charge in [0.15, 0.2) is 0 Å². The quantitative estimate of drug-likeness (QED) is 0.152. The molecule has 4 rings (SSSR count). The van der Waals surface area contributed by atoms with Gasteiger partial charge in [0, 0.05) is 27.4 Å². The van der Waals surface area contributed by atoms with Gasteiger partial charge >= 0.3 is 0 Å². The molecule has 0 radical (unpaired) electrons. The van der Waals surface area contributed by atoms with Gasteiger partial charge in [0.1, 0.15) is 11.4 Å². The molecule has 0 fully saturated rings. The lowest BCUT2D eigenvalue weighted by Gasteiger charge is -2.13. The van der Waals surface area contributed by atoms with Crippen LogP contribution in [-0.4, -0.2) is 30.1 Å². The van der Waals surface area contributed by atoms with Gasteiger partial charge in [0.25, 0.3) is 11.8 Å². The molecular weight excluding hydrogens is 522 g/mol. The fraction of sp³-hybridized carbons (Fsp3) is 0.0938. The Bertz CT molecular complexity index is 1470. The van der Waals surface area contributed by atoms with Crippen molar-refractivity contribution >= 4 is 46.9 Å². The van der Waals surface area contributed by atoms with Crippen molar-refractivity contribution in [1.82, 2.24) is 5.32 Å². The molecule has 8 heteroatoms. The van der Waals surface area contributed by atoms with Crippen LogP contribution >= 0.6 is 11.8 Å². The average Bonchev–Trinajstić information content (AvgIpc) is 2.98. The van der Waals surface area contributed by atoms with Crippen LogP contribution in [0.2, 0.25) is 0 Å². The highest BCUT2D eigenvalue weighted by atomic mass is 32.2. The van der Waals surface area contributed by atoms with E-state index in [4.69, 9.17) is 4.74 Å². The van der Waals surface area contributed by atoms with E-state index in [1.54, 1.807) is 48.5 Å². The van der Waals surface area contributed by atoms with Crippen LogP contribution in [0, 0.1) is 0 Å². The van der Waals surface area contributed by atoms with E-state index in [1.807, 2.05) is 73.7 Å². The van der Waals surface area contributed by atoms with E-state index in [-0.39, 0.29) is 17.4 Å². The lowest BCUT2D eigenvalue weighted by molar-refractivity contribution is -0.114. The van der Waals surface area contributed by atoms with Crippen LogP contribution < -0.4 is 20.7 Å². The molecule has 0 aliphatic heterocycles. The smallest absolute Gasteiger partial charge is 0.272 e. The predicted molar refractivity (Wildman–Crippen MR) is 160 cm³/mol. The van der Waals surface area contributed by atoms with Gasteiger partial charge in [-0.25, -0.2) is 0 Å². The molecule has 0 unspecified atom stereocenters. The summed E-state index contributed by atoms with van der Waals surface area (Å²) in [6.07, 6.45) is 1.59. The van der Waals surface area contributed by atoms with Crippen molar-refractivity contribution in [2.75, 3.05) is 23.0 Å². The van der Waals surface area contributed by atoms with E-state index in [0.29, 0.717) is 29.2 Å². The molecule has 0 aliphatic carbocycles. The Morgan fingerprint density at radius 3 is 2.08 bits per heavy atom. The molecule has 3 N–H and O–H groups in total. The SMILES string of the molecule is CCOc1ccccc1/C=C(\NC(=O)c1ccccc1)C(=O)Nc1ccc(SCC(=O)Nc2ccccc2)cc1. The monoisotopic (exact) mass is 551 g/mol. The van der Waals surface area contributed by atoms with Gasteiger partial charge in [-0.15, -0.1) is 11.8 Å². The molecule has 0 saturated carbocycles. The second-order valence-electron chi connectivity index (χ2n) is 8.53. The van der Waals surface area contributed by atoms with Crippen LogP contribution in [0.4, 0.5) is 11.4 Å². The van der Waals surface area contributed by atoms with E-state index in [1.165, 1.54) is 11.8 Å². The largest absolute Gasteiger partial charge is 0.493 e. The fourth-order valence-electron chi connectivity index (χ4n) is 3.68. The summed E-state index contributed by atoms with van der Waals surface area (Å²) >= 11 is 1.39. The minimum absolute atomic E-state index is 0.0667. The molecular formula is C32H29N3O4S. The third-order valence-corrected chi connectivity index (χ3v) is 6.60. The van der Waals surface area contributed by atoms with E-state index >= 15 is 0 Å². The zero-order valence-corrected chi connectivity index (χ0v) is 22.7. The van der Waals surface area contributed by atoms with Crippen LogP contribution in [0.25, 0.3) is 6.08 Å². The van der Waals surface area contributed by atoms with Gasteiger partial charge in [0.2, 0.25) is 5.91 Å². The third-order valence-electron chi connectivity index (χ3n) is 5.59. The number of nitrogens with one attached hydrogen (secondary N) is 3. The summed E-state index contributed by atoms with van der Waals surface area (Å²) in [6.45, 7) is 2.34. The molecule has 0 aliphatic rings. The summed E-state index contributed by atoms with van der Waals surface area (Å²) in [5.41, 5.74) is 2.44. The maximum atomic E-state index is 13.3. The lowest BCUT2D eigenvalue weighted by atomic mass is 10.1. The number of para-hydroxylation sites is 2. The minimum atomic E-state index is -0.488. The van der Waals surface area contributed by atoms with Crippen molar-refractivity contribution in [3.8, 4) is 5.75 Å². The molecule has 4 aromatic carbocycles. The topological polar surface area (TPSA) is 96.5 Å². The zero-order chi connectivity index (χ0) is 28.2. The van der Waals surface area contributed by atoms with Crippen molar-refractivity contribution in [3.05, 3.63) is 126 Å². The number of hydrogen-bond donors (Lipinski definition) is 3. The second-order valence-corrected chi connectivity index (χ2v) is 9.58. The second kappa shape index (κ2) is 14.4. The van der Waals surface area contributed by atoms with Crippen molar-refractivity contribution in [1.29, 1.82) is 0 Å². The number of carbonyl (C=O) groups excluding carboxylic acids is 3. The van der Waals surface area contributed by atoms with Crippen molar-refractivity contribution < 1.29 is 19.1 Å². The van der Waals surface area contributed by atoms with Crippen LogP contribution in [0.5, 0.6) is 5.75 Å². The highest BCUT2D eigenvalue weighted by Crippen LogP contribution is 2.23. The lowest BCUT2D eigenvalue weighted by Crippen LogP contribution is -2.30. The summed E-state index contributed by atoms with van der Waals surface area (Å²) in [5.74, 6) is -0.153. The molecule has 7 nitrogen and oxygen atoms in total. The Kier molecular flexibility index (Phi) is 10.1. The van der Waals surface area contributed by atoms with Gasteiger partial charge in [-0.3, -0.25) is 14.4 Å². The van der Waals surface area contributed by atoms with Crippen LogP contribution in [0.1, 0.15) is 22.8 Å². The zero-order valence-electron chi connectivity index (χ0n) is 21.9. The van der Waals surface area contributed by atoms with Crippen molar-refractivity contribution in [3.63, 3.8) is 0 Å². The van der Waals surface area contributed by atoms with Gasteiger partial charge in [-0.05, 0) is 67.6 Å². The maximum absolute atomic E-state index is 13.3. The van der Waals surface area contributed by atoms with Gasteiger partial charge < -0.3 is 20.7 Å². The Hall–Kier alpha value is -4.82. The van der Waals surface area contributed by atoms with Gasteiger partial charge in [-0.1, -0.05) is 54.6 Å². The highest BCUT2D eigenvalue weighted by Gasteiger charge is 2.16. The number of rotatable bonds is 11. The Morgan fingerprint density at radius 2 is 1.38 bits per heavy atom. The molecule has 0 spiro atoms. The van der Waals surface area contributed by atoms with Gasteiger partial charge in [0.05, 0.1) is 12.4 Å². The third kappa shape index (κ3) is 8.34. The summed E-state index contributed by atoms with van der Waals surface area (Å²) < 4.78 is 5.69. The molecule has 3 amide bonds. The average molecular weight is 552 g/mol.